The fraction of sp³-hybridized carbons (Fsp3) is 0.706. The van der Waals surface area contributed by atoms with E-state index >= 15 is 0 Å². The Hall–Kier alpha value is -1.49. The van der Waals surface area contributed by atoms with E-state index in [4.69, 9.17) is 4.74 Å². The molecule has 22 heavy (non-hydrogen) atoms. The van der Waals surface area contributed by atoms with E-state index < -0.39 is 5.60 Å². The molecular weight excluding hydrogens is 278 g/mol. The number of rotatable bonds is 3. The van der Waals surface area contributed by atoms with Crippen molar-refractivity contribution in [1.29, 1.82) is 0 Å². The maximum atomic E-state index is 12.1. The molecule has 1 N–H and O–H groups in total. The molecule has 5 nitrogen and oxygen atoms in total. The Morgan fingerprint density at radius 2 is 2.05 bits per heavy atom. The first-order valence-corrected chi connectivity index (χ1v) is 8.11. The molecule has 1 aromatic heterocycles. The minimum Gasteiger partial charge on any atom is -0.444 e. The number of H-pyrrole nitrogens is 1. The molecule has 0 radical (unpaired) electrons. The lowest BCUT2D eigenvalue weighted by Crippen LogP contribution is -2.47. The van der Waals surface area contributed by atoms with Crippen LogP contribution < -0.4 is 0 Å². The van der Waals surface area contributed by atoms with Crippen LogP contribution in [0.4, 0.5) is 4.79 Å². The molecule has 0 spiro atoms. The van der Waals surface area contributed by atoms with Crippen LogP contribution in [0, 0.1) is 0 Å². The van der Waals surface area contributed by atoms with E-state index in [9.17, 15) is 4.79 Å². The Kier molecular flexibility index (Phi) is 5.16. The highest BCUT2D eigenvalue weighted by Gasteiger charge is 2.30. The molecule has 124 valence electrons. The van der Waals surface area contributed by atoms with Gasteiger partial charge >= 0.3 is 6.09 Å². The molecule has 1 aromatic rings. The summed E-state index contributed by atoms with van der Waals surface area (Å²) in [5.74, 6) is 0. The molecule has 1 amide bonds. The predicted molar refractivity (Wildman–Crippen MR) is 87.8 cm³/mol. The third-order valence-electron chi connectivity index (χ3n) is 4.38. The molecule has 0 saturated carbocycles. The fourth-order valence-electron chi connectivity index (χ4n) is 2.92. The molecule has 1 saturated heterocycles. The number of nitrogens with one attached hydrogen (secondary N) is 1. The summed E-state index contributed by atoms with van der Waals surface area (Å²) < 4.78 is 5.45. The lowest BCUT2D eigenvalue weighted by molar-refractivity contribution is 0.0136. The minimum atomic E-state index is -0.424. The molecule has 0 aliphatic carbocycles. The summed E-state index contributed by atoms with van der Waals surface area (Å²) >= 11 is 0. The smallest absolute Gasteiger partial charge is 0.410 e. The Labute approximate surface area is 133 Å². The third kappa shape index (κ3) is 4.26. The van der Waals surface area contributed by atoms with Crippen molar-refractivity contribution in [2.24, 2.45) is 0 Å². The van der Waals surface area contributed by atoms with E-state index in [2.05, 4.69) is 29.9 Å². The van der Waals surface area contributed by atoms with E-state index in [1.165, 1.54) is 5.69 Å². The number of aromatic nitrogens is 1. The highest BCUT2D eigenvalue weighted by Crippen LogP contribution is 2.25. The van der Waals surface area contributed by atoms with Crippen molar-refractivity contribution < 1.29 is 9.53 Å². The molecule has 5 heteroatoms. The summed E-state index contributed by atoms with van der Waals surface area (Å²) in [6.07, 6.45) is 3.75. The van der Waals surface area contributed by atoms with Crippen LogP contribution in [-0.4, -0.2) is 52.7 Å². The summed E-state index contributed by atoms with van der Waals surface area (Å²) in [4.78, 5) is 19.6. The largest absolute Gasteiger partial charge is 0.444 e. The fourth-order valence-corrected chi connectivity index (χ4v) is 2.92. The van der Waals surface area contributed by atoms with Gasteiger partial charge in [-0.3, -0.25) is 4.90 Å². The minimum absolute atomic E-state index is 0.189. The van der Waals surface area contributed by atoms with Gasteiger partial charge in [0.15, 0.2) is 0 Å². The quantitative estimate of drug-likeness (QED) is 0.931. The van der Waals surface area contributed by atoms with Gasteiger partial charge in [-0.05, 0) is 59.7 Å². The summed E-state index contributed by atoms with van der Waals surface area (Å²) in [5, 5.41) is 0. The Balaban J connectivity index is 1.85. The van der Waals surface area contributed by atoms with Crippen molar-refractivity contribution in [2.75, 3.05) is 20.1 Å². The molecule has 0 aromatic carbocycles. The number of aromatic amines is 1. The number of nitrogens with zero attached hydrogens (tertiary/aromatic N) is 2. The number of carbonyl (C=O) groups is 1. The first-order chi connectivity index (χ1) is 10.3. The van der Waals surface area contributed by atoms with E-state index in [0.29, 0.717) is 12.1 Å². The van der Waals surface area contributed by atoms with Gasteiger partial charge in [0.2, 0.25) is 0 Å². The molecule has 1 aliphatic heterocycles. The van der Waals surface area contributed by atoms with Gasteiger partial charge in [0.1, 0.15) is 5.60 Å². The van der Waals surface area contributed by atoms with Crippen LogP contribution in [0.3, 0.4) is 0 Å². The molecule has 2 heterocycles. The van der Waals surface area contributed by atoms with Gasteiger partial charge in [-0.15, -0.1) is 0 Å². The summed E-state index contributed by atoms with van der Waals surface area (Å²) in [5.41, 5.74) is 0.810. The molecule has 0 bridgehead atoms. The average Bonchev–Trinajstić information content (AvgIpc) is 2.98. The lowest BCUT2D eigenvalue weighted by atomic mass is 10.0. The highest BCUT2D eigenvalue weighted by molar-refractivity contribution is 5.68. The first-order valence-electron chi connectivity index (χ1n) is 8.11. The summed E-state index contributed by atoms with van der Waals surface area (Å²) in [7, 11) is 2.17. The topological polar surface area (TPSA) is 48.6 Å². The molecule has 2 rings (SSSR count). The second kappa shape index (κ2) is 6.73. The number of ether oxygens (including phenoxy) is 1. The van der Waals surface area contributed by atoms with Crippen LogP contribution in [0.2, 0.25) is 0 Å². The number of carbonyl (C=O) groups excluding carboxylic acids is 1. The monoisotopic (exact) mass is 307 g/mol. The first kappa shape index (κ1) is 16.9. The molecule has 1 aliphatic rings. The maximum Gasteiger partial charge on any atom is 0.410 e. The Morgan fingerprint density at radius 3 is 2.55 bits per heavy atom. The van der Waals surface area contributed by atoms with Crippen molar-refractivity contribution >= 4 is 6.09 Å². The van der Waals surface area contributed by atoms with E-state index in [0.717, 1.165) is 25.9 Å². The third-order valence-corrected chi connectivity index (χ3v) is 4.38. The van der Waals surface area contributed by atoms with Gasteiger partial charge < -0.3 is 14.6 Å². The number of piperidine rings is 1. The van der Waals surface area contributed by atoms with Crippen LogP contribution in [-0.2, 0) is 4.74 Å². The molecular formula is C17H29N3O2. The normalized spacial score (nSPS) is 18.5. The van der Waals surface area contributed by atoms with E-state index in [1.807, 2.05) is 37.9 Å². The van der Waals surface area contributed by atoms with Gasteiger partial charge in [0, 0.05) is 37.1 Å². The van der Waals surface area contributed by atoms with Gasteiger partial charge in [-0.25, -0.2) is 4.79 Å². The standard InChI is InChI=1S/C17H29N3O2/c1-13(15-7-6-10-18-15)19(5)14-8-11-20(12-9-14)16(21)22-17(2,3)4/h6-7,10,13-14,18H,8-9,11-12H2,1-5H3/t13-/m0/s1. The number of likely N-dealkylation sites (tertiary alicyclic amines) is 1. The maximum absolute atomic E-state index is 12.1. The predicted octanol–water partition coefficient (Wildman–Crippen LogP) is 3.41. The Bertz CT molecular complexity index is 471. The summed E-state index contributed by atoms with van der Waals surface area (Å²) in [6, 6.07) is 5.01. The van der Waals surface area contributed by atoms with Crippen molar-refractivity contribution in [3.63, 3.8) is 0 Å². The van der Waals surface area contributed by atoms with Gasteiger partial charge in [0.05, 0.1) is 0 Å². The van der Waals surface area contributed by atoms with Crippen molar-refractivity contribution in [3.8, 4) is 0 Å². The zero-order valence-electron chi connectivity index (χ0n) is 14.4. The highest BCUT2D eigenvalue weighted by atomic mass is 16.6. The number of hydrogen-bond acceptors (Lipinski definition) is 3. The molecule has 1 atom stereocenters. The van der Waals surface area contributed by atoms with E-state index in [-0.39, 0.29) is 6.09 Å². The van der Waals surface area contributed by atoms with Crippen LogP contribution in [0.25, 0.3) is 0 Å². The van der Waals surface area contributed by atoms with Crippen LogP contribution in [0.1, 0.15) is 52.3 Å². The van der Waals surface area contributed by atoms with Gasteiger partial charge in [-0.1, -0.05) is 0 Å². The van der Waals surface area contributed by atoms with Gasteiger partial charge in [0.25, 0.3) is 0 Å². The number of hydrogen-bond donors (Lipinski definition) is 1. The second-order valence-corrected chi connectivity index (χ2v) is 7.17. The lowest BCUT2D eigenvalue weighted by Gasteiger charge is -2.39. The van der Waals surface area contributed by atoms with Crippen molar-refractivity contribution in [3.05, 3.63) is 24.0 Å². The van der Waals surface area contributed by atoms with Crippen LogP contribution in [0.5, 0.6) is 0 Å². The zero-order valence-corrected chi connectivity index (χ0v) is 14.4. The van der Waals surface area contributed by atoms with Crippen LogP contribution in [0.15, 0.2) is 18.3 Å². The Morgan fingerprint density at radius 1 is 1.41 bits per heavy atom. The van der Waals surface area contributed by atoms with E-state index in [1.54, 1.807) is 0 Å². The van der Waals surface area contributed by atoms with Crippen molar-refractivity contribution in [1.82, 2.24) is 14.8 Å². The molecule has 1 fully saturated rings. The molecule has 0 unspecified atom stereocenters. The second-order valence-electron chi connectivity index (χ2n) is 7.17. The zero-order chi connectivity index (χ0) is 16.3. The van der Waals surface area contributed by atoms with Crippen molar-refractivity contribution in [2.45, 2.75) is 58.2 Å². The summed E-state index contributed by atoms with van der Waals surface area (Å²) in [6.45, 7) is 9.46. The average molecular weight is 307 g/mol. The SMILES string of the molecule is C[C@@H](c1ccc[nH]1)N(C)C1CCN(C(=O)OC(C)(C)C)CC1. The van der Waals surface area contributed by atoms with Crippen LogP contribution >= 0.6 is 0 Å². The number of amides is 1. The van der Waals surface area contributed by atoms with Gasteiger partial charge in [-0.2, -0.15) is 0 Å².